The average molecular weight is 1560 g/mol. The first-order valence-electron chi connectivity index (χ1n) is 26.8. The standard InChI is InChI=1S/C60H63F2I4N3O12/c1-2-3-4-5-6-7-8-9-10-11-12-13-14-15-16-20-53(72)68-47(58(75)69-48(60(78)79)26-34-24-45(65)56(46(66)25-34)80-36-28-43(63)55(73)44(64)29-36)19-17-18-23-67-57(74)35-21-22-37(38(27-35)59(76)77)54-39-30-41(61)49(70)32-51(39)81-52-33-50(71)42(62)31-40(52)54/h9-10,21-22,24-25,27-33,47-48,70,73H,2-8,11-20,23,26H2,1H3,(H,67,74)(H,68,72)(H,69,75)(H,76,77)(H,78,79)/b10-9-. The molecule has 2 atom stereocenters. The van der Waals surface area contributed by atoms with Gasteiger partial charge in [-0.25, -0.2) is 18.4 Å². The molecule has 0 saturated heterocycles. The molecule has 0 radical (unpaired) electrons. The molecule has 1 aliphatic heterocycles. The Hall–Kier alpha value is -5.16. The van der Waals surface area contributed by atoms with Crippen molar-refractivity contribution in [2.75, 3.05) is 6.54 Å². The first-order chi connectivity index (χ1) is 38.8. The lowest BCUT2D eigenvalue weighted by Crippen LogP contribution is -2.52. The van der Waals surface area contributed by atoms with Gasteiger partial charge in [-0.3, -0.25) is 19.2 Å². The highest BCUT2D eigenvalue weighted by molar-refractivity contribution is 14.1. The number of phenolic OH excluding ortho intramolecular Hbond substituents is 2. The maximum absolute atomic E-state index is 14.8. The summed E-state index contributed by atoms with van der Waals surface area (Å²) in [5.41, 5.74) is -1.19. The van der Waals surface area contributed by atoms with Gasteiger partial charge in [0.25, 0.3) is 5.91 Å². The van der Waals surface area contributed by atoms with Crippen LogP contribution in [0.3, 0.4) is 0 Å². The third-order valence-corrected chi connectivity index (χ3v) is 16.7. The summed E-state index contributed by atoms with van der Waals surface area (Å²) in [7, 11) is 0. The fourth-order valence-electron chi connectivity index (χ4n) is 9.20. The van der Waals surface area contributed by atoms with Crippen molar-refractivity contribution in [3.8, 4) is 45.4 Å². The van der Waals surface area contributed by atoms with Crippen LogP contribution in [0, 0.1) is 25.9 Å². The summed E-state index contributed by atoms with van der Waals surface area (Å²) >= 11 is 8.22. The highest BCUT2D eigenvalue weighted by atomic mass is 127. The predicted octanol–water partition coefficient (Wildman–Crippen LogP) is 14.4. The van der Waals surface area contributed by atoms with Crippen molar-refractivity contribution in [3.63, 3.8) is 0 Å². The van der Waals surface area contributed by atoms with E-state index in [0.717, 1.165) is 68.9 Å². The molecular weight excluding hydrogens is 1500 g/mol. The summed E-state index contributed by atoms with van der Waals surface area (Å²) in [5.74, 6) is -6.52. The molecule has 0 bridgehead atoms. The van der Waals surface area contributed by atoms with Crippen LogP contribution in [0.4, 0.5) is 8.78 Å². The average Bonchev–Trinajstić information content (AvgIpc) is 3.03. The molecule has 0 spiro atoms. The molecule has 432 valence electrons. The van der Waals surface area contributed by atoms with E-state index in [-0.39, 0.29) is 89.3 Å². The van der Waals surface area contributed by atoms with E-state index in [1.54, 1.807) is 24.3 Å². The van der Waals surface area contributed by atoms with Gasteiger partial charge < -0.3 is 45.5 Å². The molecule has 1 aliphatic carbocycles. The summed E-state index contributed by atoms with van der Waals surface area (Å²) in [6.45, 7) is 2.27. The van der Waals surface area contributed by atoms with Crippen LogP contribution >= 0.6 is 90.4 Å². The number of hydrogen-bond donors (Lipinski definition) is 7. The van der Waals surface area contributed by atoms with Crippen molar-refractivity contribution in [2.24, 2.45) is 0 Å². The number of carbonyl (C=O) groups is 5. The molecule has 2 aliphatic rings. The quantitative estimate of drug-likeness (QED) is 0.00931. The molecule has 21 heteroatoms. The van der Waals surface area contributed by atoms with Crippen LogP contribution in [0.25, 0.3) is 33.4 Å². The van der Waals surface area contributed by atoms with Crippen LogP contribution in [-0.4, -0.2) is 68.7 Å². The van der Waals surface area contributed by atoms with E-state index in [4.69, 9.17) is 9.15 Å². The number of aromatic carboxylic acids is 1. The van der Waals surface area contributed by atoms with Gasteiger partial charge in [0.1, 0.15) is 34.9 Å². The fraction of sp³-hybridized carbons (Fsp3) is 0.367. The Morgan fingerprint density at radius 1 is 0.691 bits per heavy atom. The highest BCUT2D eigenvalue weighted by Gasteiger charge is 2.29. The number of unbranched alkanes of at least 4 members (excludes halogenated alkanes) is 12. The first kappa shape index (κ1) is 65.0. The Morgan fingerprint density at radius 3 is 1.98 bits per heavy atom. The smallest absolute Gasteiger partial charge is 0.336 e. The molecule has 0 aromatic heterocycles. The lowest BCUT2D eigenvalue weighted by molar-refractivity contribution is -0.142. The SMILES string of the molecule is CCCCCCCC/C=C\CCCCCCCC(=O)NC(CCCCNC(=O)c1ccc(-c2c3cc(F)c(=O)cc-3oc3cc(O)c(F)cc23)c(C(=O)O)c1)C(=O)NC(Cc1cc(I)c(Oc2cc(I)c(O)c(I)c2)c(I)c1)C(=O)O. The van der Waals surface area contributed by atoms with Crippen molar-refractivity contribution in [1.29, 1.82) is 0 Å². The minimum absolute atomic E-state index is 0.0254. The third-order valence-electron chi connectivity index (χ3n) is 13.5. The van der Waals surface area contributed by atoms with Crippen molar-refractivity contribution in [2.45, 2.75) is 135 Å². The van der Waals surface area contributed by atoms with E-state index in [1.807, 2.05) is 45.2 Å². The van der Waals surface area contributed by atoms with Crippen LogP contribution < -0.4 is 26.1 Å². The number of carboxylic acid groups (broad SMARTS) is 2. The largest absolute Gasteiger partial charge is 0.506 e. The summed E-state index contributed by atoms with van der Waals surface area (Å²) in [4.78, 5) is 78.7. The van der Waals surface area contributed by atoms with Crippen LogP contribution in [-0.2, 0) is 20.8 Å². The van der Waals surface area contributed by atoms with Crippen LogP contribution in [0.15, 0.2) is 88.1 Å². The van der Waals surface area contributed by atoms with E-state index in [9.17, 15) is 58.0 Å². The van der Waals surface area contributed by atoms with Gasteiger partial charge >= 0.3 is 11.9 Å². The Bertz CT molecular complexity index is 3250. The highest BCUT2D eigenvalue weighted by Crippen LogP contribution is 2.43. The van der Waals surface area contributed by atoms with Crippen LogP contribution in [0.5, 0.6) is 23.0 Å². The normalized spacial score (nSPS) is 12.2. The van der Waals surface area contributed by atoms with Crippen molar-refractivity contribution in [1.82, 2.24) is 16.0 Å². The van der Waals surface area contributed by atoms with Gasteiger partial charge in [-0.05, 0) is 201 Å². The topological polar surface area (TPSA) is 242 Å². The molecular formula is C60H63F2I4N3O12. The summed E-state index contributed by atoms with van der Waals surface area (Å²) in [5, 5.41) is 49.2. The fourth-order valence-corrected chi connectivity index (χ4v) is 13.0. The first-order valence-corrected chi connectivity index (χ1v) is 31.1. The van der Waals surface area contributed by atoms with Crippen molar-refractivity contribution < 1.29 is 62.3 Å². The van der Waals surface area contributed by atoms with Crippen molar-refractivity contribution >= 4 is 131 Å². The Balaban J connectivity index is 1.09. The number of benzene rings is 5. The third kappa shape index (κ3) is 18.9. The lowest BCUT2D eigenvalue weighted by atomic mass is 9.89. The minimum Gasteiger partial charge on any atom is -0.506 e. The summed E-state index contributed by atoms with van der Waals surface area (Å²) < 4.78 is 44.0. The zero-order valence-electron chi connectivity index (χ0n) is 44.4. The van der Waals surface area contributed by atoms with E-state index in [2.05, 4.69) is 80.2 Å². The number of phenols is 2. The second-order valence-corrected chi connectivity index (χ2v) is 24.3. The number of carbonyl (C=O) groups excluding carboxylic acids is 3. The predicted molar refractivity (Wildman–Crippen MR) is 339 cm³/mol. The lowest BCUT2D eigenvalue weighted by Gasteiger charge is -2.22. The number of ether oxygens (including phenoxy) is 1. The number of allylic oxidation sites excluding steroid dienone is 2. The Morgan fingerprint density at radius 2 is 1.33 bits per heavy atom. The second-order valence-electron chi connectivity index (χ2n) is 19.7. The number of carboxylic acids is 2. The van der Waals surface area contributed by atoms with E-state index >= 15 is 0 Å². The van der Waals surface area contributed by atoms with Gasteiger partial charge in [0.2, 0.25) is 17.2 Å². The summed E-state index contributed by atoms with van der Waals surface area (Å²) in [6, 6.07) is 11.7. The minimum atomic E-state index is -1.49. The van der Waals surface area contributed by atoms with E-state index in [0.29, 0.717) is 37.8 Å². The number of nitrogens with one attached hydrogen (secondary N) is 3. The van der Waals surface area contributed by atoms with Gasteiger partial charge in [-0.15, -0.1) is 0 Å². The van der Waals surface area contributed by atoms with Gasteiger partial charge in [-0.2, -0.15) is 0 Å². The number of hydrogen-bond acceptors (Lipinski definition) is 10. The molecule has 6 rings (SSSR count). The van der Waals surface area contributed by atoms with Gasteiger partial charge in [0, 0.05) is 53.6 Å². The molecule has 4 aromatic rings. The number of aromatic hydroxyl groups is 2. The van der Waals surface area contributed by atoms with Gasteiger partial charge in [0.15, 0.2) is 23.1 Å². The van der Waals surface area contributed by atoms with Crippen molar-refractivity contribution in [3.05, 3.63) is 132 Å². The molecule has 0 fully saturated rings. The molecule has 2 unspecified atom stereocenters. The second kappa shape index (κ2) is 32.0. The summed E-state index contributed by atoms with van der Waals surface area (Å²) in [6.07, 6.45) is 19.5. The molecule has 3 amide bonds. The number of amides is 3. The molecule has 1 heterocycles. The van der Waals surface area contributed by atoms with E-state index in [1.165, 1.54) is 50.7 Å². The molecule has 0 saturated carbocycles. The maximum atomic E-state index is 14.8. The van der Waals surface area contributed by atoms with Gasteiger partial charge in [-0.1, -0.05) is 76.5 Å². The molecule has 81 heavy (non-hydrogen) atoms. The number of fused-ring (bicyclic) bond motifs is 2. The van der Waals surface area contributed by atoms with Gasteiger partial charge in [0.05, 0.1) is 19.8 Å². The monoisotopic (exact) mass is 1560 g/mol. The number of rotatable bonds is 31. The molecule has 15 nitrogen and oxygen atoms in total. The number of aliphatic carboxylic acids is 1. The maximum Gasteiger partial charge on any atom is 0.336 e. The number of halogens is 6. The Labute approximate surface area is 522 Å². The molecule has 4 aromatic carbocycles. The van der Waals surface area contributed by atoms with Crippen LogP contribution in [0.2, 0.25) is 0 Å². The zero-order valence-corrected chi connectivity index (χ0v) is 53.0. The Kier molecular flexibility index (Phi) is 25.7. The van der Waals surface area contributed by atoms with E-state index < -0.39 is 64.2 Å². The molecule has 7 N–H and O–H groups in total. The van der Waals surface area contributed by atoms with Crippen LogP contribution in [0.1, 0.15) is 142 Å². The zero-order chi connectivity index (χ0) is 58.8.